The Hall–Kier alpha value is -0.170. The van der Waals surface area contributed by atoms with Gasteiger partial charge in [0.15, 0.2) is 0 Å². The molecule has 1 atom stereocenters. The van der Waals surface area contributed by atoms with E-state index in [1.807, 2.05) is 13.8 Å². The molecule has 1 heterocycles. The first kappa shape index (κ1) is 17.9. The predicted octanol–water partition coefficient (Wildman–Crippen LogP) is 1.67. The Morgan fingerprint density at radius 1 is 1.35 bits per heavy atom. The van der Waals surface area contributed by atoms with Crippen molar-refractivity contribution in [3.63, 3.8) is 0 Å². The molecule has 0 spiro atoms. The molecule has 1 unspecified atom stereocenters. The van der Waals surface area contributed by atoms with Crippen LogP contribution in [0, 0.1) is 5.92 Å². The quantitative estimate of drug-likeness (QED) is 0.742. The van der Waals surface area contributed by atoms with Gasteiger partial charge in [-0.25, -0.2) is 0 Å². The summed E-state index contributed by atoms with van der Waals surface area (Å²) in [6, 6.07) is 0.453. The number of nitrogens with zero attached hydrogens (tertiary/aromatic N) is 2. The zero-order chi connectivity index (χ0) is 15.2. The molecular formula is C14H31N3O2S. The van der Waals surface area contributed by atoms with Gasteiger partial charge < -0.3 is 5.32 Å². The molecule has 0 saturated carbocycles. The summed E-state index contributed by atoms with van der Waals surface area (Å²) >= 11 is 0. The Morgan fingerprint density at radius 3 is 2.60 bits per heavy atom. The van der Waals surface area contributed by atoms with Crippen LogP contribution in [0.1, 0.15) is 47.0 Å². The van der Waals surface area contributed by atoms with Crippen molar-refractivity contribution in [3.8, 4) is 0 Å². The van der Waals surface area contributed by atoms with Crippen LogP contribution in [0.4, 0.5) is 0 Å². The normalized spacial score (nSPS) is 21.8. The van der Waals surface area contributed by atoms with Crippen LogP contribution in [0.25, 0.3) is 0 Å². The average Bonchev–Trinajstić information content (AvgIpc) is 2.42. The molecule has 5 nitrogen and oxygen atoms in total. The van der Waals surface area contributed by atoms with E-state index in [1.54, 1.807) is 8.61 Å². The highest BCUT2D eigenvalue weighted by atomic mass is 32.2. The second kappa shape index (κ2) is 8.32. The van der Waals surface area contributed by atoms with E-state index in [0.29, 0.717) is 38.1 Å². The summed E-state index contributed by atoms with van der Waals surface area (Å²) in [5, 5.41) is 3.42. The van der Waals surface area contributed by atoms with Gasteiger partial charge >= 0.3 is 0 Å². The molecule has 0 aliphatic carbocycles. The van der Waals surface area contributed by atoms with Crippen LogP contribution in [-0.2, 0) is 10.2 Å². The van der Waals surface area contributed by atoms with Crippen molar-refractivity contribution >= 4 is 10.2 Å². The molecule has 20 heavy (non-hydrogen) atoms. The number of hydrogen-bond donors (Lipinski definition) is 1. The topological polar surface area (TPSA) is 52.7 Å². The van der Waals surface area contributed by atoms with E-state index in [2.05, 4.69) is 19.2 Å². The fourth-order valence-corrected chi connectivity index (χ4v) is 4.48. The SMILES string of the molecule is CCCN(CC)S(=O)(=O)N1CCCC(CNC(C)C)C1. The molecule has 120 valence electrons. The molecular weight excluding hydrogens is 274 g/mol. The molecule has 0 aromatic carbocycles. The van der Waals surface area contributed by atoms with Gasteiger partial charge in [-0.3, -0.25) is 0 Å². The van der Waals surface area contributed by atoms with Crippen LogP contribution in [-0.4, -0.2) is 55.8 Å². The maximum atomic E-state index is 12.6. The Labute approximate surface area is 124 Å². The Morgan fingerprint density at radius 2 is 2.05 bits per heavy atom. The standard InChI is InChI=1S/C14H31N3O2S/c1-5-9-16(6-2)20(18,19)17-10-7-8-14(12-17)11-15-13(3)4/h13-15H,5-12H2,1-4H3. The zero-order valence-electron chi connectivity index (χ0n) is 13.4. The second-order valence-electron chi connectivity index (χ2n) is 5.93. The second-order valence-corrected chi connectivity index (χ2v) is 7.86. The van der Waals surface area contributed by atoms with E-state index in [9.17, 15) is 8.42 Å². The molecule has 1 fully saturated rings. The molecule has 0 amide bonds. The Bertz CT molecular complexity index is 371. The highest BCUT2D eigenvalue weighted by Crippen LogP contribution is 2.21. The third-order valence-corrected chi connectivity index (χ3v) is 5.85. The van der Waals surface area contributed by atoms with Crippen molar-refractivity contribution in [3.05, 3.63) is 0 Å². The van der Waals surface area contributed by atoms with Crippen LogP contribution in [0.5, 0.6) is 0 Å². The summed E-state index contributed by atoms with van der Waals surface area (Å²) in [7, 11) is -3.27. The molecule has 6 heteroatoms. The third kappa shape index (κ3) is 4.98. The van der Waals surface area contributed by atoms with Crippen molar-refractivity contribution in [1.29, 1.82) is 0 Å². The van der Waals surface area contributed by atoms with Crippen LogP contribution in [0.2, 0.25) is 0 Å². The smallest absolute Gasteiger partial charge is 0.281 e. The van der Waals surface area contributed by atoms with Gasteiger partial charge in [-0.05, 0) is 31.7 Å². The lowest BCUT2D eigenvalue weighted by Gasteiger charge is -2.35. The third-order valence-electron chi connectivity index (χ3n) is 3.77. The average molecular weight is 305 g/mol. The first-order valence-corrected chi connectivity index (χ1v) is 9.30. The van der Waals surface area contributed by atoms with Gasteiger partial charge in [0.2, 0.25) is 0 Å². The Balaban J connectivity index is 2.65. The van der Waals surface area contributed by atoms with Crippen LogP contribution in [0.15, 0.2) is 0 Å². The molecule has 0 aromatic heterocycles. The number of nitrogens with one attached hydrogen (secondary N) is 1. The van der Waals surface area contributed by atoms with E-state index in [0.717, 1.165) is 25.8 Å². The van der Waals surface area contributed by atoms with Gasteiger partial charge in [0, 0.05) is 32.2 Å². The first-order valence-electron chi connectivity index (χ1n) is 7.90. The monoisotopic (exact) mass is 305 g/mol. The molecule has 1 saturated heterocycles. The highest BCUT2D eigenvalue weighted by Gasteiger charge is 2.32. The van der Waals surface area contributed by atoms with E-state index in [4.69, 9.17) is 0 Å². The predicted molar refractivity (Wildman–Crippen MR) is 83.9 cm³/mol. The lowest BCUT2D eigenvalue weighted by atomic mass is 9.99. The summed E-state index contributed by atoms with van der Waals surface area (Å²) in [6.45, 7) is 11.6. The molecule has 1 N–H and O–H groups in total. The molecule has 0 aromatic rings. The van der Waals surface area contributed by atoms with Gasteiger partial charge in [0.1, 0.15) is 0 Å². The van der Waals surface area contributed by atoms with Gasteiger partial charge in [-0.2, -0.15) is 17.0 Å². The lowest BCUT2D eigenvalue weighted by Crippen LogP contribution is -2.49. The minimum absolute atomic E-state index is 0.432. The van der Waals surface area contributed by atoms with Crippen LogP contribution < -0.4 is 5.32 Å². The summed E-state index contributed by atoms with van der Waals surface area (Å²) in [6.07, 6.45) is 2.94. The van der Waals surface area contributed by atoms with Gasteiger partial charge in [0.05, 0.1) is 0 Å². The maximum Gasteiger partial charge on any atom is 0.281 e. The number of hydrogen-bond acceptors (Lipinski definition) is 3. The Kier molecular flexibility index (Phi) is 7.43. The zero-order valence-corrected chi connectivity index (χ0v) is 14.2. The fraction of sp³-hybridized carbons (Fsp3) is 1.00. The first-order chi connectivity index (χ1) is 9.41. The van der Waals surface area contributed by atoms with Crippen molar-refractivity contribution in [2.45, 2.75) is 53.0 Å². The van der Waals surface area contributed by atoms with E-state index < -0.39 is 10.2 Å². The summed E-state index contributed by atoms with van der Waals surface area (Å²) in [5.74, 6) is 0.432. The molecule has 0 radical (unpaired) electrons. The molecule has 1 aliphatic heterocycles. The van der Waals surface area contributed by atoms with Crippen LogP contribution in [0.3, 0.4) is 0 Å². The molecule has 1 aliphatic rings. The fourth-order valence-electron chi connectivity index (χ4n) is 2.65. The highest BCUT2D eigenvalue weighted by molar-refractivity contribution is 7.86. The lowest BCUT2D eigenvalue weighted by molar-refractivity contribution is 0.240. The summed E-state index contributed by atoms with van der Waals surface area (Å²) in [5.41, 5.74) is 0. The van der Waals surface area contributed by atoms with Crippen LogP contribution >= 0.6 is 0 Å². The van der Waals surface area contributed by atoms with Gasteiger partial charge in [0.25, 0.3) is 10.2 Å². The summed E-state index contributed by atoms with van der Waals surface area (Å²) < 4.78 is 28.5. The van der Waals surface area contributed by atoms with E-state index in [1.165, 1.54) is 0 Å². The van der Waals surface area contributed by atoms with Gasteiger partial charge in [-0.15, -0.1) is 0 Å². The maximum absolute atomic E-state index is 12.6. The van der Waals surface area contributed by atoms with E-state index in [-0.39, 0.29) is 0 Å². The minimum atomic E-state index is -3.27. The van der Waals surface area contributed by atoms with Gasteiger partial charge in [-0.1, -0.05) is 27.7 Å². The minimum Gasteiger partial charge on any atom is -0.314 e. The van der Waals surface area contributed by atoms with E-state index >= 15 is 0 Å². The number of rotatable bonds is 8. The van der Waals surface area contributed by atoms with Crippen molar-refractivity contribution in [2.24, 2.45) is 5.92 Å². The number of piperidine rings is 1. The molecule has 0 bridgehead atoms. The van der Waals surface area contributed by atoms with Crippen molar-refractivity contribution in [1.82, 2.24) is 13.9 Å². The van der Waals surface area contributed by atoms with Crippen molar-refractivity contribution in [2.75, 3.05) is 32.7 Å². The largest absolute Gasteiger partial charge is 0.314 e. The summed E-state index contributed by atoms with van der Waals surface area (Å²) in [4.78, 5) is 0. The molecule has 1 rings (SSSR count). The van der Waals surface area contributed by atoms with Crippen molar-refractivity contribution < 1.29 is 8.42 Å².